The molecule has 0 aliphatic heterocycles. The van der Waals surface area contributed by atoms with Gasteiger partial charge in [-0.3, -0.25) is 4.79 Å². The van der Waals surface area contributed by atoms with Crippen LogP contribution in [0.25, 0.3) is 21.7 Å². The van der Waals surface area contributed by atoms with Crippen molar-refractivity contribution in [1.82, 2.24) is 10.1 Å². The molecule has 1 aromatic carbocycles. The van der Waals surface area contributed by atoms with Gasteiger partial charge in [0.15, 0.2) is 0 Å². The summed E-state index contributed by atoms with van der Waals surface area (Å²) >= 11 is 1.63. The molecular formula is C21H19N3O2S. The van der Waals surface area contributed by atoms with Gasteiger partial charge in [0.2, 0.25) is 0 Å². The Hall–Kier alpha value is -2.99. The van der Waals surface area contributed by atoms with Gasteiger partial charge in [0.05, 0.1) is 27.2 Å². The Morgan fingerprint density at radius 1 is 1.11 bits per heavy atom. The maximum atomic E-state index is 13.3. The number of carbonyl (C=O) groups excluding carboxylic acids is 1. The van der Waals surface area contributed by atoms with Crippen LogP contribution in [0.5, 0.6) is 0 Å². The van der Waals surface area contributed by atoms with Crippen LogP contribution >= 0.6 is 11.3 Å². The summed E-state index contributed by atoms with van der Waals surface area (Å²) in [6.45, 7) is 5.88. The zero-order chi connectivity index (χ0) is 19.1. The van der Waals surface area contributed by atoms with Crippen molar-refractivity contribution in [2.75, 3.05) is 11.9 Å². The minimum absolute atomic E-state index is 0.117. The number of aromatic nitrogens is 2. The molecular weight excluding hydrogens is 358 g/mol. The average Bonchev–Trinajstić information content (AvgIpc) is 3.26. The van der Waals surface area contributed by atoms with Gasteiger partial charge in [-0.1, -0.05) is 17.3 Å². The number of pyridine rings is 1. The Morgan fingerprint density at radius 2 is 1.93 bits per heavy atom. The number of fused-ring (bicyclic) bond motifs is 1. The van der Waals surface area contributed by atoms with Gasteiger partial charge in [-0.05, 0) is 56.7 Å². The van der Waals surface area contributed by atoms with Gasteiger partial charge in [0.1, 0.15) is 0 Å². The number of thiophene rings is 1. The first kappa shape index (κ1) is 17.4. The fraction of sp³-hybridized carbons (Fsp3) is 0.190. The third-order valence-corrected chi connectivity index (χ3v) is 5.56. The van der Waals surface area contributed by atoms with Crippen molar-refractivity contribution in [3.05, 3.63) is 64.2 Å². The first-order valence-electron chi connectivity index (χ1n) is 8.62. The molecule has 4 rings (SSSR count). The maximum absolute atomic E-state index is 13.3. The largest absolute Gasteiger partial charge is 0.335 e. The Morgan fingerprint density at radius 3 is 2.63 bits per heavy atom. The number of rotatable bonds is 3. The van der Waals surface area contributed by atoms with Crippen LogP contribution in [0.3, 0.4) is 0 Å². The topological polar surface area (TPSA) is 59.2 Å². The predicted octanol–water partition coefficient (Wildman–Crippen LogP) is 5.15. The van der Waals surface area contributed by atoms with Crippen molar-refractivity contribution in [3.63, 3.8) is 0 Å². The van der Waals surface area contributed by atoms with Crippen LogP contribution in [0.15, 0.2) is 47.0 Å². The van der Waals surface area contributed by atoms with Crippen molar-refractivity contribution in [3.8, 4) is 10.6 Å². The first-order valence-corrected chi connectivity index (χ1v) is 9.44. The summed E-state index contributed by atoms with van der Waals surface area (Å²) < 4.78 is 5.39. The molecule has 0 spiro atoms. The monoisotopic (exact) mass is 377 g/mol. The standard InChI is InChI=1S/C21H19N3O2S/c1-12-6-5-7-15(10-12)24(4)21(25)16-11-17(18-9-8-13(2)27-18)22-20-19(16)14(3)23-26-20/h5-11H,1-4H3. The average molecular weight is 377 g/mol. The molecule has 5 nitrogen and oxygen atoms in total. The molecule has 0 radical (unpaired) electrons. The summed E-state index contributed by atoms with van der Waals surface area (Å²) in [7, 11) is 1.78. The molecule has 136 valence electrons. The fourth-order valence-electron chi connectivity index (χ4n) is 3.10. The van der Waals surface area contributed by atoms with E-state index in [2.05, 4.69) is 10.1 Å². The molecule has 0 fully saturated rings. The molecule has 4 aromatic rings. The van der Waals surface area contributed by atoms with Gasteiger partial charge in [0.25, 0.3) is 11.6 Å². The predicted molar refractivity (Wildman–Crippen MR) is 109 cm³/mol. The minimum atomic E-state index is -0.117. The molecule has 0 aliphatic carbocycles. The zero-order valence-corrected chi connectivity index (χ0v) is 16.4. The van der Waals surface area contributed by atoms with Gasteiger partial charge in [-0.25, -0.2) is 4.98 Å². The lowest BCUT2D eigenvalue weighted by atomic mass is 10.1. The van der Waals surface area contributed by atoms with Crippen molar-refractivity contribution >= 4 is 34.0 Å². The molecule has 27 heavy (non-hydrogen) atoms. The Bertz CT molecular complexity index is 1160. The van der Waals surface area contributed by atoms with Crippen LogP contribution in [-0.2, 0) is 0 Å². The number of hydrogen-bond donors (Lipinski definition) is 0. The van der Waals surface area contributed by atoms with E-state index in [1.54, 1.807) is 23.3 Å². The molecule has 0 saturated heterocycles. The van der Waals surface area contributed by atoms with E-state index in [-0.39, 0.29) is 5.91 Å². The summed E-state index contributed by atoms with van der Waals surface area (Å²) in [5.41, 5.74) is 4.25. The first-order chi connectivity index (χ1) is 12.9. The van der Waals surface area contributed by atoms with E-state index in [9.17, 15) is 4.79 Å². The third kappa shape index (κ3) is 3.13. The molecule has 0 unspecified atom stereocenters. The van der Waals surface area contributed by atoms with Crippen LogP contribution in [0.1, 0.15) is 26.5 Å². The van der Waals surface area contributed by atoms with E-state index >= 15 is 0 Å². The smallest absolute Gasteiger partial charge is 0.259 e. The number of aryl methyl sites for hydroxylation is 3. The summed E-state index contributed by atoms with van der Waals surface area (Å²) in [4.78, 5) is 21.8. The highest BCUT2D eigenvalue weighted by molar-refractivity contribution is 7.15. The van der Waals surface area contributed by atoms with Crippen molar-refractivity contribution < 1.29 is 9.32 Å². The molecule has 0 aliphatic rings. The number of amides is 1. The Labute approximate surface area is 161 Å². The van der Waals surface area contributed by atoms with Crippen LogP contribution in [0, 0.1) is 20.8 Å². The Kier molecular flexibility index (Phi) is 4.28. The van der Waals surface area contributed by atoms with Crippen LogP contribution in [0.4, 0.5) is 5.69 Å². The lowest BCUT2D eigenvalue weighted by Gasteiger charge is -2.18. The van der Waals surface area contributed by atoms with E-state index < -0.39 is 0 Å². The Balaban J connectivity index is 1.86. The lowest BCUT2D eigenvalue weighted by molar-refractivity contribution is 0.0994. The zero-order valence-electron chi connectivity index (χ0n) is 15.6. The molecule has 0 N–H and O–H groups in total. The third-order valence-electron chi connectivity index (χ3n) is 4.53. The van der Waals surface area contributed by atoms with E-state index in [0.29, 0.717) is 22.4 Å². The molecule has 0 saturated carbocycles. The van der Waals surface area contributed by atoms with Gasteiger partial charge < -0.3 is 9.42 Å². The molecule has 1 amide bonds. The second-order valence-electron chi connectivity index (χ2n) is 6.62. The van der Waals surface area contributed by atoms with E-state index in [1.807, 2.05) is 63.2 Å². The summed E-state index contributed by atoms with van der Waals surface area (Å²) in [6.07, 6.45) is 0. The second kappa shape index (κ2) is 6.63. The van der Waals surface area contributed by atoms with Crippen molar-refractivity contribution in [1.29, 1.82) is 0 Å². The van der Waals surface area contributed by atoms with Crippen LogP contribution in [-0.4, -0.2) is 23.1 Å². The highest BCUT2D eigenvalue weighted by Crippen LogP contribution is 2.32. The van der Waals surface area contributed by atoms with Crippen molar-refractivity contribution in [2.45, 2.75) is 20.8 Å². The van der Waals surface area contributed by atoms with Gasteiger partial charge >= 0.3 is 0 Å². The molecule has 3 aromatic heterocycles. The quantitative estimate of drug-likeness (QED) is 0.495. The fourth-order valence-corrected chi connectivity index (χ4v) is 3.92. The minimum Gasteiger partial charge on any atom is -0.335 e. The van der Waals surface area contributed by atoms with E-state index in [0.717, 1.165) is 21.8 Å². The molecule has 0 atom stereocenters. The molecule has 6 heteroatoms. The van der Waals surface area contributed by atoms with Crippen molar-refractivity contribution in [2.24, 2.45) is 0 Å². The number of nitrogens with zero attached hydrogens (tertiary/aromatic N) is 3. The van der Waals surface area contributed by atoms with E-state index in [4.69, 9.17) is 4.52 Å². The molecule has 0 bridgehead atoms. The highest BCUT2D eigenvalue weighted by atomic mass is 32.1. The number of anilines is 1. The second-order valence-corrected chi connectivity index (χ2v) is 7.90. The van der Waals surface area contributed by atoms with Gasteiger partial charge in [0, 0.05) is 17.6 Å². The molecule has 3 heterocycles. The number of hydrogen-bond acceptors (Lipinski definition) is 5. The maximum Gasteiger partial charge on any atom is 0.259 e. The van der Waals surface area contributed by atoms with E-state index in [1.165, 1.54) is 4.88 Å². The van der Waals surface area contributed by atoms with Gasteiger partial charge in [-0.15, -0.1) is 11.3 Å². The van der Waals surface area contributed by atoms with Gasteiger partial charge in [-0.2, -0.15) is 0 Å². The number of benzene rings is 1. The highest BCUT2D eigenvalue weighted by Gasteiger charge is 2.23. The summed E-state index contributed by atoms with van der Waals surface area (Å²) in [6, 6.07) is 13.8. The SMILES string of the molecule is Cc1cccc(N(C)C(=O)c2cc(-c3ccc(C)s3)nc3onc(C)c23)c1. The summed E-state index contributed by atoms with van der Waals surface area (Å²) in [5, 5.41) is 4.68. The lowest BCUT2D eigenvalue weighted by Crippen LogP contribution is -2.26. The summed E-state index contributed by atoms with van der Waals surface area (Å²) in [5.74, 6) is -0.117. The number of carbonyl (C=O) groups is 1. The van der Waals surface area contributed by atoms with Crippen LogP contribution in [0.2, 0.25) is 0 Å². The normalized spacial score (nSPS) is 11.1. The van der Waals surface area contributed by atoms with Crippen LogP contribution < -0.4 is 4.90 Å².